The van der Waals surface area contributed by atoms with Crippen molar-refractivity contribution in [1.82, 2.24) is 4.98 Å². The molecule has 1 heterocycles. The summed E-state index contributed by atoms with van der Waals surface area (Å²) in [7, 11) is 0. The van der Waals surface area contributed by atoms with Crippen molar-refractivity contribution >= 4 is 15.9 Å². The summed E-state index contributed by atoms with van der Waals surface area (Å²) in [6.45, 7) is 5.82. The Labute approximate surface area is 105 Å². The number of nitrogens with zero attached hydrogens (tertiary/aromatic N) is 1. The first-order valence-electron chi connectivity index (χ1n) is 5.42. The molecule has 1 aromatic rings. The molecule has 0 atom stereocenters. The van der Waals surface area contributed by atoms with E-state index in [0.717, 1.165) is 16.7 Å². The van der Waals surface area contributed by atoms with Gasteiger partial charge in [-0.25, -0.2) is 0 Å². The maximum absolute atomic E-state index is 5.47. The number of aromatic nitrogens is 1. The van der Waals surface area contributed by atoms with Gasteiger partial charge in [-0.15, -0.1) is 0 Å². The molecule has 1 rings (SSSR count). The van der Waals surface area contributed by atoms with Gasteiger partial charge in [0, 0.05) is 5.33 Å². The first kappa shape index (κ1) is 13.6. The van der Waals surface area contributed by atoms with Crippen molar-refractivity contribution < 1.29 is 9.47 Å². The molecule has 0 aliphatic heterocycles. The summed E-state index contributed by atoms with van der Waals surface area (Å²) in [5.74, 6) is 0. The minimum Gasteiger partial charge on any atom is -0.376 e. The molecule has 16 heavy (non-hydrogen) atoms. The van der Waals surface area contributed by atoms with Crippen LogP contribution in [-0.4, -0.2) is 24.3 Å². The fraction of sp³-hybridized carbons (Fsp3) is 0.583. The predicted octanol–water partition coefficient (Wildman–Crippen LogP) is 2.92. The molecule has 0 aromatic carbocycles. The smallest absolute Gasteiger partial charge is 0.0889 e. The number of alkyl halides is 1. The minimum atomic E-state index is 0.262. The van der Waals surface area contributed by atoms with Gasteiger partial charge in [0.05, 0.1) is 37.3 Å². The lowest BCUT2D eigenvalue weighted by Gasteiger charge is -2.08. The normalized spacial score (nSPS) is 11.0. The van der Waals surface area contributed by atoms with Crippen molar-refractivity contribution in [3.8, 4) is 0 Å². The van der Waals surface area contributed by atoms with Crippen LogP contribution < -0.4 is 0 Å². The molecule has 0 radical (unpaired) electrons. The number of rotatable bonds is 7. The third-order valence-corrected chi connectivity index (χ3v) is 2.50. The molecule has 3 nitrogen and oxygen atoms in total. The van der Waals surface area contributed by atoms with E-state index in [1.165, 1.54) is 0 Å². The molecule has 4 heteroatoms. The third kappa shape index (κ3) is 5.58. The van der Waals surface area contributed by atoms with Gasteiger partial charge in [-0.2, -0.15) is 0 Å². The highest BCUT2D eigenvalue weighted by molar-refractivity contribution is 9.08. The maximum Gasteiger partial charge on any atom is 0.0889 e. The van der Waals surface area contributed by atoms with Crippen LogP contribution >= 0.6 is 15.9 Å². The van der Waals surface area contributed by atoms with Gasteiger partial charge >= 0.3 is 0 Å². The zero-order valence-electron chi connectivity index (χ0n) is 9.78. The quantitative estimate of drug-likeness (QED) is 0.571. The first-order chi connectivity index (χ1) is 7.72. The van der Waals surface area contributed by atoms with E-state index < -0.39 is 0 Å². The standard InChI is InChI=1S/C12H18BrNO2/c1-10(2)16-7-6-15-9-12-5-3-4-11(8-13)14-12/h3-5,10H,6-9H2,1-2H3. The Kier molecular flexibility index (Phi) is 6.61. The number of pyridine rings is 1. The summed E-state index contributed by atoms with van der Waals surface area (Å²) in [5, 5.41) is 0.775. The highest BCUT2D eigenvalue weighted by Crippen LogP contribution is 2.04. The van der Waals surface area contributed by atoms with Crippen molar-refractivity contribution in [1.29, 1.82) is 0 Å². The monoisotopic (exact) mass is 287 g/mol. The molecule has 0 bridgehead atoms. The van der Waals surface area contributed by atoms with E-state index in [4.69, 9.17) is 9.47 Å². The Morgan fingerprint density at radius 3 is 2.69 bits per heavy atom. The van der Waals surface area contributed by atoms with E-state index in [1.54, 1.807) is 0 Å². The Balaban J connectivity index is 2.21. The van der Waals surface area contributed by atoms with Crippen LogP contribution in [0.15, 0.2) is 18.2 Å². The highest BCUT2D eigenvalue weighted by Gasteiger charge is 1.98. The van der Waals surface area contributed by atoms with E-state index in [1.807, 2.05) is 32.0 Å². The second-order valence-electron chi connectivity index (χ2n) is 3.73. The molecule has 0 spiro atoms. The Morgan fingerprint density at radius 2 is 2.00 bits per heavy atom. The van der Waals surface area contributed by atoms with Crippen molar-refractivity contribution in [2.24, 2.45) is 0 Å². The molecule has 0 aliphatic rings. The zero-order chi connectivity index (χ0) is 11.8. The molecule has 0 aliphatic carbocycles. The van der Waals surface area contributed by atoms with Crippen LogP contribution in [0.5, 0.6) is 0 Å². The lowest BCUT2D eigenvalue weighted by Crippen LogP contribution is -2.09. The fourth-order valence-corrected chi connectivity index (χ4v) is 1.52. The summed E-state index contributed by atoms with van der Waals surface area (Å²) < 4.78 is 10.8. The van der Waals surface area contributed by atoms with Gasteiger partial charge in [-0.3, -0.25) is 4.98 Å². The summed E-state index contributed by atoms with van der Waals surface area (Å²) in [6.07, 6.45) is 0.262. The minimum absolute atomic E-state index is 0.262. The molecular weight excluding hydrogens is 270 g/mol. The zero-order valence-corrected chi connectivity index (χ0v) is 11.4. The molecule has 0 amide bonds. The van der Waals surface area contributed by atoms with Crippen LogP contribution in [0, 0.1) is 0 Å². The van der Waals surface area contributed by atoms with E-state index in [-0.39, 0.29) is 6.10 Å². The third-order valence-electron chi connectivity index (χ3n) is 1.93. The number of ether oxygens (including phenoxy) is 2. The van der Waals surface area contributed by atoms with Gasteiger partial charge in [0.25, 0.3) is 0 Å². The average Bonchev–Trinajstić information content (AvgIpc) is 2.28. The topological polar surface area (TPSA) is 31.4 Å². The number of hydrogen-bond donors (Lipinski definition) is 0. The van der Waals surface area contributed by atoms with Gasteiger partial charge in [0.2, 0.25) is 0 Å². The Bertz CT molecular complexity index is 305. The van der Waals surface area contributed by atoms with Crippen molar-refractivity contribution in [3.05, 3.63) is 29.6 Å². The van der Waals surface area contributed by atoms with Gasteiger partial charge in [-0.1, -0.05) is 22.0 Å². The molecule has 0 saturated carbocycles. The summed E-state index contributed by atoms with van der Waals surface area (Å²) >= 11 is 3.38. The van der Waals surface area contributed by atoms with Crippen molar-refractivity contribution in [2.45, 2.75) is 31.9 Å². The summed E-state index contributed by atoms with van der Waals surface area (Å²) in [4.78, 5) is 4.41. The van der Waals surface area contributed by atoms with Crippen LogP contribution in [-0.2, 0) is 21.4 Å². The maximum atomic E-state index is 5.47. The Hall–Kier alpha value is -0.450. The second kappa shape index (κ2) is 7.76. The van der Waals surface area contributed by atoms with Crippen LogP contribution in [0.2, 0.25) is 0 Å². The average molecular weight is 288 g/mol. The number of halogens is 1. The number of hydrogen-bond acceptors (Lipinski definition) is 3. The van der Waals surface area contributed by atoms with E-state index >= 15 is 0 Å². The molecule has 0 unspecified atom stereocenters. The van der Waals surface area contributed by atoms with Crippen LogP contribution in [0.25, 0.3) is 0 Å². The van der Waals surface area contributed by atoms with Gasteiger partial charge in [0.15, 0.2) is 0 Å². The lowest BCUT2D eigenvalue weighted by molar-refractivity contribution is 0.0135. The predicted molar refractivity (Wildman–Crippen MR) is 67.6 cm³/mol. The molecule has 0 saturated heterocycles. The van der Waals surface area contributed by atoms with Gasteiger partial charge in [0.1, 0.15) is 0 Å². The van der Waals surface area contributed by atoms with E-state index in [9.17, 15) is 0 Å². The fourth-order valence-electron chi connectivity index (χ4n) is 1.20. The SMILES string of the molecule is CC(C)OCCOCc1cccc(CBr)n1. The van der Waals surface area contributed by atoms with Crippen LogP contribution in [0.1, 0.15) is 25.2 Å². The van der Waals surface area contributed by atoms with Crippen molar-refractivity contribution in [3.63, 3.8) is 0 Å². The van der Waals surface area contributed by atoms with Gasteiger partial charge in [-0.05, 0) is 26.0 Å². The molecule has 0 fully saturated rings. The van der Waals surface area contributed by atoms with Crippen molar-refractivity contribution in [2.75, 3.05) is 13.2 Å². The molecule has 0 N–H and O–H groups in total. The molecule has 1 aromatic heterocycles. The Morgan fingerprint density at radius 1 is 1.25 bits per heavy atom. The molecule has 90 valence electrons. The van der Waals surface area contributed by atoms with E-state index in [0.29, 0.717) is 19.8 Å². The summed E-state index contributed by atoms with van der Waals surface area (Å²) in [6, 6.07) is 5.95. The van der Waals surface area contributed by atoms with Gasteiger partial charge < -0.3 is 9.47 Å². The molecular formula is C12H18BrNO2. The largest absolute Gasteiger partial charge is 0.376 e. The summed E-state index contributed by atoms with van der Waals surface area (Å²) in [5.41, 5.74) is 1.99. The lowest BCUT2D eigenvalue weighted by atomic mass is 10.3. The van der Waals surface area contributed by atoms with Crippen LogP contribution in [0.4, 0.5) is 0 Å². The van der Waals surface area contributed by atoms with E-state index in [2.05, 4.69) is 20.9 Å². The van der Waals surface area contributed by atoms with Crippen LogP contribution in [0.3, 0.4) is 0 Å². The second-order valence-corrected chi connectivity index (χ2v) is 4.29. The first-order valence-corrected chi connectivity index (χ1v) is 6.54. The highest BCUT2D eigenvalue weighted by atomic mass is 79.9.